The lowest BCUT2D eigenvalue weighted by Crippen LogP contribution is -2.47. The third-order valence-corrected chi connectivity index (χ3v) is 2.44. The first kappa shape index (κ1) is 13.0. The summed E-state index contributed by atoms with van der Waals surface area (Å²) in [5.74, 6) is -0.996. The van der Waals surface area contributed by atoms with Gasteiger partial charge in [0.1, 0.15) is 5.54 Å². The summed E-state index contributed by atoms with van der Waals surface area (Å²) >= 11 is 0. The molecule has 1 unspecified atom stereocenters. The summed E-state index contributed by atoms with van der Waals surface area (Å²) in [6.45, 7) is 2.04. The van der Waals surface area contributed by atoms with Gasteiger partial charge in [0.15, 0.2) is 0 Å². The molecule has 0 spiro atoms. The van der Waals surface area contributed by atoms with Crippen molar-refractivity contribution in [2.75, 3.05) is 13.1 Å². The Morgan fingerprint density at radius 2 is 2.29 bits per heavy atom. The first-order valence-electron chi connectivity index (χ1n) is 5.01. The molecule has 0 radical (unpaired) electrons. The lowest BCUT2D eigenvalue weighted by molar-refractivity contribution is -0.144. The molecule has 0 saturated carbocycles. The van der Waals surface area contributed by atoms with Gasteiger partial charge in [0.25, 0.3) is 0 Å². The molecule has 0 saturated heterocycles. The number of nitrogens with zero attached hydrogens (tertiary/aromatic N) is 4. The van der Waals surface area contributed by atoms with Gasteiger partial charge in [-0.15, -0.1) is 0 Å². The number of hydrogen-bond donors (Lipinski definition) is 2. The average molecular weight is 235 g/mol. The summed E-state index contributed by atoms with van der Waals surface area (Å²) < 4.78 is 0. The van der Waals surface area contributed by atoms with Gasteiger partial charge in [-0.3, -0.25) is 10.3 Å². The van der Waals surface area contributed by atoms with E-state index < -0.39 is 11.5 Å². The van der Waals surface area contributed by atoms with Crippen molar-refractivity contribution in [3.8, 4) is 0 Å². The number of hydrogen-bond acceptors (Lipinski definition) is 4. The highest BCUT2D eigenvalue weighted by Crippen LogP contribution is 2.19. The fourth-order valence-corrected chi connectivity index (χ4v) is 1.39. The van der Waals surface area contributed by atoms with E-state index in [1.807, 2.05) is 0 Å². The highest BCUT2D eigenvalue weighted by molar-refractivity contribution is 5.80. The van der Waals surface area contributed by atoms with Crippen LogP contribution in [0.4, 0.5) is 0 Å². The second kappa shape index (κ2) is 5.83. The van der Waals surface area contributed by atoms with Gasteiger partial charge in [0, 0.05) is 30.4 Å². The minimum Gasteiger partial charge on any atom is -0.480 e. The van der Waals surface area contributed by atoms with Crippen LogP contribution in [0.3, 0.4) is 0 Å². The van der Waals surface area contributed by atoms with Gasteiger partial charge in [-0.1, -0.05) is 5.11 Å². The monoisotopic (exact) mass is 235 g/mol. The highest BCUT2D eigenvalue weighted by atomic mass is 16.4. The molecule has 7 nitrogen and oxygen atoms in total. The second-order valence-electron chi connectivity index (χ2n) is 3.55. The minimum absolute atomic E-state index is 0.199. The predicted molar refractivity (Wildman–Crippen MR) is 61.2 cm³/mol. The normalized spacial score (nSPS) is 13.5. The number of nitrogens with one attached hydrogen (secondary N) is 1. The van der Waals surface area contributed by atoms with E-state index in [4.69, 9.17) is 5.53 Å². The fourth-order valence-electron chi connectivity index (χ4n) is 1.39. The van der Waals surface area contributed by atoms with Crippen molar-refractivity contribution >= 4 is 5.97 Å². The zero-order valence-corrected chi connectivity index (χ0v) is 9.37. The Morgan fingerprint density at radius 3 is 2.82 bits per heavy atom. The van der Waals surface area contributed by atoms with E-state index in [-0.39, 0.29) is 13.1 Å². The maximum atomic E-state index is 11.3. The molecule has 2 N–H and O–H groups in total. The van der Waals surface area contributed by atoms with Gasteiger partial charge in [-0.25, -0.2) is 4.79 Å². The Bertz CT molecular complexity index is 430. The molecular formula is C10H13N5O2. The number of aromatic nitrogens is 1. The van der Waals surface area contributed by atoms with Crippen molar-refractivity contribution in [3.63, 3.8) is 0 Å². The summed E-state index contributed by atoms with van der Waals surface area (Å²) in [7, 11) is 0. The first-order chi connectivity index (χ1) is 8.11. The molecule has 0 aliphatic carbocycles. The van der Waals surface area contributed by atoms with Gasteiger partial charge in [-0.05, 0) is 30.2 Å². The molecule has 1 aromatic rings. The van der Waals surface area contributed by atoms with Crippen LogP contribution < -0.4 is 5.32 Å². The molecule has 1 heterocycles. The topological polar surface area (TPSA) is 111 Å². The maximum Gasteiger partial charge on any atom is 0.328 e. The Hall–Kier alpha value is -2.11. The van der Waals surface area contributed by atoms with E-state index in [2.05, 4.69) is 20.3 Å². The first-order valence-corrected chi connectivity index (χ1v) is 5.01. The van der Waals surface area contributed by atoms with Gasteiger partial charge in [0.2, 0.25) is 0 Å². The van der Waals surface area contributed by atoms with Crippen molar-refractivity contribution < 1.29 is 9.90 Å². The molecule has 0 aromatic carbocycles. The van der Waals surface area contributed by atoms with Crippen LogP contribution in [0.2, 0.25) is 0 Å². The number of pyridine rings is 1. The average Bonchev–Trinajstić information content (AvgIpc) is 2.35. The number of azide groups is 1. The smallest absolute Gasteiger partial charge is 0.328 e. The van der Waals surface area contributed by atoms with Crippen molar-refractivity contribution in [3.05, 3.63) is 40.5 Å². The molecular weight excluding hydrogens is 222 g/mol. The number of carboxylic acids is 1. The Balaban J connectivity index is 2.83. The van der Waals surface area contributed by atoms with Gasteiger partial charge < -0.3 is 5.11 Å². The summed E-state index contributed by atoms with van der Waals surface area (Å²) in [4.78, 5) is 17.7. The summed E-state index contributed by atoms with van der Waals surface area (Å²) in [6.07, 6.45) is 3.07. The van der Waals surface area contributed by atoms with Crippen molar-refractivity contribution in [1.82, 2.24) is 10.3 Å². The SMILES string of the molecule is CC(NCCN=[N+]=[N-])(C(=O)O)c1ccncc1. The predicted octanol–water partition coefficient (Wildman–Crippen LogP) is 1.28. The molecule has 1 rings (SSSR count). The molecule has 0 aliphatic rings. The molecule has 1 aromatic heterocycles. The lowest BCUT2D eigenvalue weighted by atomic mass is 9.93. The maximum absolute atomic E-state index is 11.3. The van der Waals surface area contributed by atoms with Gasteiger partial charge in [-0.2, -0.15) is 0 Å². The summed E-state index contributed by atoms with van der Waals surface area (Å²) in [5.41, 5.74) is 7.51. The van der Waals surface area contributed by atoms with E-state index in [9.17, 15) is 9.90 Å². The highest BCUT2D eigenvalue weighted by Gasteiger charge is 2.34. The van der Waals surface area contributed by atoms with Crippen molar-refractivity contribution in [1.29, 1.82) is 0 Å². The van der Waals surface area contributed by atoms with Crippen molar-refractivity contribution in [2.45, 2.75) is 12.5 Å². The fraction of sp³-hybridized carbons (Fsp3) is 0.400. The third-order valence-electron chi connectivity index (χ3n) is 2.44. The van der Waals surface area contributed by atoms with Crippen LogP contribution in [0.25, 0.3) is 10.4 Å². The molecule has 17 heavy (non-hydrogen) atoms. The van der Waals surface area contributed by atoms with E-state index in [1.165, 1.54) is 12.4 Å². The standard InChI is InChI=1S/C10H13N5O2/c1-10(9(16)17,13-6-7-14-15-11)8-2-4-12-5-3-8/h2-5,13H,6-7H2,1H3,(H,16,17). The van der Waals surface area contributed by atoms with Gasteiger partial charge >= 0.3 is 5.97 Å². The third kappa shape index (κ3) is 3.17. The number of rotatable bonds is 6. The molecule has 1 atom stereocenters. The number of aliphatic carboxylic acids is 1. The molecule has 0 fully saturated rings. The molecule has 7 heteroatoms. The largest absolute Gasteiger partial charge is 0.480 e. The zero-order valence-electron chi connectivity index (χ0n) is 9.37. The summed E-state index contributed by atoms with van der Waals surface area (Å²) in [5, 5.41) is 15.5. The van der Waals surface area contributed by atoms with Crippen LogP contribution in [0.1, 0.15) is 12.5 Å². The van der Waals surface area contributed by atoms with Crippen LogP contribution in [0.5, 0.6) is 0 Å². The molecule has 0 amide bonds. The number of carbonyl (C=O) groups is 1. The summed E-state index contributed by atoms with van der Waals surface area (Å²) in [6, 6.07) is 3.27. The van der Waals surface area contributed by atoms with E-state index in [1.54, 1.807) is 19.1 Å². The van der Waals surface area contributed by atoms with E-state index in [0.717, 1.165) is 0 Å². The van der Waals surface area contributed by atoms with E-state index >= 15 is 0 Å². The van der Waals surface area contributed by atoms with Crippen LogP contribution in [0, 0.1) is 0 Å². The quantitative estimate of drug-likeness (QED) is 0.335. The molecule has 0 bridgehead atoms. The Labute approximate surface area is 98.1 Å². The van der Waals surface area contributed by atoms with Crippen molar-refractivity contribution in [2.24, 2.45) is 5.11 Å². The van der Waals surface area contributed by atoms with Crippen LogP contribution in [-0.4, -0.2) is 29.1 Å². The molecule has 0 aliphatic heterocycles. The van der Waals surface area contributed by atoms with E-state index in [0.29, 0.717) is 5.56 Å². The van der Waals surface area contributed by atoms with Crippen LogP contribution in [-0.2, 0) is 10.3 Å². The van der Waals surface area contributed by atoms with Crippen LogP contribution in [0.15, 0.2) is 29.6 Å². The Morgan fingerprint density at radius 1 is 1.65 bits per heavy atom. The van der Waals surface area contributed by atoms with Crippen LogP contribution >= 0.6 is 0 Å². The molecule has 90 valence electrons. The minimum atomic E-state index is -1.21. The van der Waals surface area contributed by atoms with Gasteiger partial charge in [0.05, 0.1) is 0 Å². The lowest BCUT2D eigenvalue weighted by Gasteiger charge is -2.26. The number of carboxylic acid groups (broad SMARTS) is 1. The Kier molecular flexibility index (Phi) is 4.45. The second-order valence-corrected chi connectivity index (χ2v) is 3.55. The zero-order chi connectivity index (χ0) is 12.7.